The number of carbonyl (C=O) groups is 1. The van der Waals surface area contributed by atoms with Crippen LogP contribution in [-0.2, 0) is 11.2 Å². The predicted molar refractivity (Wildman–Crippen MR) is 89.7 cm³/mol. The van der Waals surface area contributed by atoms with Crippen molar-refractivity contribution in [1.29, 1.82) is 5.26 Å². The van der Waals surface area contributed by atoms with E-state index in [0.29, 0.717) is 49.6 Å². The average molecular weight is 340 g/mol. The Hall–Kier alpha value is -2.95. The zero-order chi connectivity index (χ0) is 17.6. The van der Waals surface area contributed by atoms with Gasteiger partial charge in [-0.1, -0.05) is 5.16 Å². The van der Waals surface area contributed by atoms with Gasteiger partial charge in [-0.15, -0.1) is 0 Å². The molecular formula is C17H20N6O2. The maximum Gasteiger partial charge on any atom is 0.226 e. The first kappa shape index (κ1) is 16.9. The van der Waals surface area contributed by atoms with E-state index in [-0.39, 0.29) is 5.91 Å². The summed E-state index contributed by atoms with van der Waals surface area (Å²) in [5, 5.41) is 12.7. The van der Waals surface area contributed by atoms with E-state index >= 15 is 0 Å². The number of hydrogen-bond acceptors (Lipinski definition) is 7. The van der Waals surface area contributed by atoms with Crippen molar-refractivity contribution < 1.29 is 9.32 Å². The molecule has 0 aromatic carbocycles. The Labute approximate surface area is 146 Å². The molecule has 1 amide bonds. The lowest BCUT2D eigenvalue weighted by Gasteiger charge is -2.35. The minimum atomic E-state index is 0.148. The van der Waals surface area contributed by atoms with Gasteiger partial charge in [-0.25, -0.2) is 4.98 Å². The van der Waals surface area contributed by atoms with Gasteiger partial charge >= 0.3 is 0 Å². The molecule has 25 heavy (non-hydrogen) atoms. The molecule has 1 fully saturated rings. The molecule has 1 aliphatic rings. The van der Waals surface area contributed by atoms with Crippen LogP contribution in [0.1, 0.15) is 30.1 Å². The summed E-state index contributed by atoms with van der Waals surface area (Å²) in [5.74, 6) is 2.14. The largest absolute Gasteiger partial charge is 0.353 e. The van der Waals surface area contributed by atoms with E-state index < -0.39 is 0 Å². The molecule has 2 aromatic heterocycles. The SMILES string of the molecule is Cc1noc(CCCC(=O)N2CCN(c3cc(C#N)ccn3)CC2)n1. The number of amides is 1. The Morgan fingerprint density at radius 3 is 2.84 bits per heavy atom. The monoisotopic (exact) mass is 340 g/mol. The lowest BCUT2D eigenvalue weighted by molar-refractivity contribution is -0.131. The van der Waals surface area contributed by atoms with Crippen LogP contribution >= 0.6 is 0 Å². The van der Waals surface area contributed by atoms with Gasteiger partial charge in [0.1, 0.15) is 5.82 Å². The van der Waals surface area contributed by atoms with Crippen LogP contribution in [0.25, 0.3) is 0 Å². The average Bonchev–Trinajstić information content (AvgIpc) is 3.07. The predicted octanol–water partition coefficient (Wildman–Crippen LogP) is 1.32. The number of aromatic nitrogens is 3. The molecule has 8 heteroatoms. The van der Waals surface area contributed by atoms with E-state index in [1.807, 2.05) is 4.90 Å². The Morgan fingerprint density at radius 1 is 1.36 bits per heavy atom. The van der Waals surface area contributed by atoms with Gasteiger partial charge in [0, 0.05) is 45.2 Å². The van der Waals surface area contributed by atoms with E-state index in [2.05, 4.69) is 26.1 Å². The van der Waals surface area contributed by atoms with Crippen molar-refractivity contribution in [3.8, 4) is 6.07 Å². The first-order valence-electron chi connectivity index (χ1n) is 8.34. The molecule has 0 spiro atoms. The summed E-state index contributed by atoms with van der Waals surface area (Å²) < 4.78 is 5.05. The topological polar surface area (TPSA) is 99.2 Å². The number of rotatable bonds is 5. The van der Waals surface area contributed by atoms with Gasteiger partial charge in [-0.05, 0) is 25.5 Å². The highest BCUT2D eigenvalue weighted by Crippen LogP contribution is 2.15. The van der Waals surface area contributed by atoms with Crippen LogP contribution in [-0.4, -0.2) is 52.1 Å². The van der Waals surface area contributed by atoms with Crippen molar-refractivity contribution in [2.24, 2.45) is 0 Å². The quantitative estimate of drug-likeness (QED) is 0.809. The van der Waals surface area contributed by atoms with Crippen LogP contribution in [0, 0.1) is 18.3 Å². The summed E-state index contributed by atoms with van der Waals surface area (Å²) >= 11 is 0. The van der Waals surface area contributed by atoms with E-state index in [9.17, 15) is 4.79 Å². The van der Waals surface area contributed by atoms with Crippen LogP contribution < -0.4 is 4.90 Å². The third-order valence-corrected chi connectivity index (χ3v) is 4.18. The highest BCUT2D eigenvalue weighted by molar-refractivity contribution is 5.76. The smallest absolute Gasteiger partial charge is 0.226 e. The van der Waals surface area contributed by atoms with E-state index in [1.165, 1.54) is 0 Å². The van der Waals surface area contributed by atoms with Crippen LogP contribution in [0.3, 0.4) is 0 Å². The highest BCUT2D eigenvalue weighted by Gasteiger charge is 2.21. The fourth-order valence-electron chi connectivity index (χ4n) is 2.84. The van der Waals surface area contributed by atoms with Crippen molar-refractivity contribution in [2.75, 3.05) is 31.1 Å². The fourth-order valence-corrected chi connectivity index (χ4v) is 2.84. The summed E-state index contributed by atoms with van der Waals surface area (Å²) in [6, 6.07) is 5.59. The van der Waals surface area contributed by atoms with Crippen molar-refractivity contribution in [3.63, 3.8) is 0 Å². The zero-order valence-electron chi connectivity index (χ0n) is 14.2. The second kappa shape index (κ2) is 7.75. The fraction of sp³-hybridized carbons (Fsp3) is 0.471. The molecule has 3 heterocycles. The van der Waals surface area contributed by atoms with Gasteiger partial charge in [-0.2, -0.15) is 10.2 Å². The Kier molecular flexibility index (Phi) is 5.23. The lowest BCUT2D eigenvalue weighted by atomic mass is 10.2. The second-order valence-corrected chi connectivity index (χ2v) is 5.97. The first-order valence-corrected chi connectivity index (χ1v) is 8.34. The van der Waals surface area contributed by atoms with E-state index in [0.717, 1.165) is 18.9 Å². The molecule has 0 radical (unpaired) electrons. The number of nitrogens with zero attached hydrogens (tertiary/aromatic N) is 6. The summed E-state index contributed by atoms with van der Waals surface area (Å²) in [4.78, 5) is 24.8. The first-order chi connectivity index (χ1) is 12.2. The summed E-state index contributed by atoms with van der Waals surface area (Å²) in [6.07, 6.45) is 3.44. The molecule has 1 aliphatic heterocycles. The molecular weight excluding hydrogens is 320 g/mol. The number of carbonyl (C=O) groups excluding carboxylic acids is 1. The number of hydrogen-bond donors (Lipinski definition) is 0. The third-order valence-electron chi connectivity index (χ3n) is 4.18. The number of piperazine rings is 1. The van der Waals surface area contributed by atoms with E-state index in [1.54, 1.807) is 25.3 Å². The molecule has 0 N–H and O–H groups in total. The van der Waals surface area contributed by atoms with Crippen LogP contribution in [0.15, 0.2) is 22.9 Å². The zero-order valence-corrected chi connectivity index (χ0v) is 14.2. The van der Waals surface area contributed by atoms with Gasteiger partial charge in [0.15, 0.2) is 5.82 Å². The van der Waals surface area contributed by atoms with Crippen molar-refractivity contribution in [1.82, 2.24) is 20.0 Å². The normalized spacial score (nSPS) is 14.4. The Bertz CT molecular complexity index is 773. The Morgan fingerprint density at radius 2 is 2.16 bits per heavy atom. The molecule has 0 unspecified atom stereocenters. The number of anilines is 1. The standard InChI is InChI=1S/C17H20N6O2/c1-13-20-16(25-21-13)3-2-4-17(24)23-9-7-22(8-10-23)15-11-14(12-18)5-6-19-15/h5-6,11H,2-4,7-10H2,1H3. The third kappa shape index (κ3) is 4.32. The molecule has 3 rings (SSSR count). The maximum absolute atomic E-state index is 12.3. The molecule has 0 aliphatic carbocycles. The number of aryl methyl sites for hydroxylation is 2. The van der Waals surface area contributed by atoms with Gasteiger partial charge in [0.2, 0.25) is 11.8 Å². The highest BCUT2D eigenvalue weighted by atomic mass is 16.5. The van der Waals surface area contributed by atoms with Gasteiger partial charge < -0.3 is 14.3 Å². The summed E-state index contributed by atoms with van der Waals surface area (Å²) in [6.45, 7) is 4.54. The Balaban J connectivity index is 1.45. The molecule has 8 nitrogen and oxygen atoms in total. The maximum atomic E-state index is 12.3. The molecule has 0 atom stereocenters. The lowest BCUT2D eigenvalue weighted by Crippen LogP contribution is -2.49. The molecule has 0 bridgehead atoms. The summed E-state index contributed by atoms with van der Waals surface area (Å²) in [7, 11) is 0. The molecule has 130 valence electrons. The van der Waals surface area contributed by atoms with E-state index in [4.69, 9.17) is 9.78 Å². The molecule has 0 saturated carbocycles. The molecule has 2 aromatic rings. The minimum absolute atomic E-state index is 0.148. The van der Waals surface area contributed by atoms with Crippen LogP contribution in [0.2, 0.25) is 0 Å². The van der Waals surface area contributed by atoms with Gasteiger partial charge in [-0.3, -0.25) is 4.79 Å². The van der Waals surface area contributed by atoms with Crippen molar-refractivity contribution in [3.05, 3.63) is 35.6 Å². The van der Waals surface area contributed by atoms with Crippen LogP contribution in [0.5, 0.6) is 0 Å². The van der Waals surface area contributed by atoms with Crippen molar-refractivity contribution >= 4 is 11.7 Å². The minimum Gasteiger partial charge on any atom is -0.353 e. The second-order valence-electron chi connectivity index (χ2n) is 5.97. The number of nitriles is 1. The van der Waals surface area contributed by atoms with Gasteiger partial charge in [0.25, 0.3) is 0 Å². The molecule has 1 saturated heterocycles. The summed E-state index contributed by atoms with van der Waals surface area (Å²) in [5.41, 5.74) is 0.597. The van der Waals surface area contributed by atoms with Crippen molar-refractivity contribution in [2.45, 2.75) is 26.2 Å². The van der Waals surface area contributed by atoms with Gasteiger partial charge in [0.05, 0.1) is 11.6 Å². The number of pyridine rings is 1. The van der Waals surface area contributed by atoms with Crippen LogP contribution in [0.4, 0.5) is 5.82 Å².